The van der Waals surface area contributed by atoms with Crippen LogP contribution in [0, 0.1) is 12.7 Å². The van der Waals surface area contributed by atoms with Gasteiger partial charge < -0.3 is 0 Å². The molecule has 0 radical (unpaired) electrons. The summed E-state index contributed by atoms with van der Waals surface area (Å²) >= 11 is 3.19. The number of hydrogen-bond donors (Lipinski definition) is 0. The molecular formula is C11H9BrFNO. The number of rotatable bonds is 2. The van der Waals surface area contributed by atoms with Crippen molar-refractivity contribution in [3.05, 3.63) is 33.5 Å². The van der Waals surface area contributed by atoms with Crippen molar-refractivity contribution in [2.45, 2.75) is 25.3 Å². The van der Waals surface area contributed by atoms with E-state index in [1.807, 2.05) is 6.92 Å². The first-order valence-corrected chi connectivity index (χ1v) is 5.44. The maximum absolute atomic E-state index is 13.2. The number of isocyanates is 1. The van der Waals surface area contributed by atoms with Gasteiger partial charge in [-0.25, -0.2) is 9.18 Å². The van der Waals surface area contributed by atoms with Gasteiger partial charge in [-0.2, -0.15) is 4.99 Å². The van der Waals surface area contributed by atoms with Gasteiger partial charge in [-0.05, 0) is 52.9 Å². The number of hydrogen-bond acceptors (Lipinski definition) is 2. The molecule has 4 heteroatoms. The molecule has 1 aliphatic rings. The molecule has 0 heterocycles. The zero-order valence-corrected chi connectivity index (χ0v) is 9.77. The molecular weight excluding hydrogens is 261 g/mol. The number of aliphatic imine (C=N–C) groups is 1. The third-order valence-electron chi connectivity index (χ3n) is 2.82. The molecule has 0 atom stereocenters. The molecule has 1 saturated carbocycles. The Morgan fingerprint density at radius 2 is 2.20 bits per heavy atom. The summed E-state index contributed by atoms with van der Waals surface area (Å²) in [6.45, 7) is 1.82. The molecule has 0 N–H and O–H groups in total. The van der Waals surface area contributed by atoms with Crippen LogP contribution in [0.25, 0.3) is 0 Å². The zero-order valence-electron chi connectivity index (χ0n) is 8.18. The van der Waals surface area contributed by atoms with Gasteiger partial charge in [0.05, 0.1) is 10.0 Å². The van der Waals surface area contributed by atoms with Crippen molar-refractivity contribution in [3.8, 4) is 0 Å². The summed E-state index contributed by atoms with van der Waals surface area (Å²) < 4.78 is 13.7. The van der Waals surface area contributed by atoms with Crippen LogP contribution in [0.3, 0.4) is 0 Å². The number of halogens is 2. The summed E-state index contributed by atoms with van der Waals surface area (Å²) in [5.74, 6) is -0.290. The number of carbonyl (C=O) groups excluding carboxylic acids is 1. The fourth-order valence-electron chi connectivity index (χ4n) is 1.80. The molecule has 1 fully saturated rings. The van der Waals surface area contributed by atoms with Gasteiger partial charge in [0.15, 0.2) is 0 Å². The normalized spacial score (nSPS) is 17.0. The Hall–Kier alpha value is -0.990. The van der Waals surface area contributed by atoms with Crippen molar-refractivity contribution in [2.24, 2.45) is 4.99 Å². The number of nitrogens with zero attached hydrogens (tertiary/aromatic N) is 1. The summed E-state index contributed by atoms with van der Waals surface area (Å²) in [6, 6.07) is 3.09. The lowest BCUT2D eigenvalue weighted by Gasteiger charge is -2.13. The van der Waals surface area contributed by atoms with Crippen molar-refractivity contribution >= 4 is 22.0 Å². The highest BCUT2D eigenvalue weighted by Crippen LogP contribution is 2.51. The highest BCUT2D eigenvalue weighted by Gasteiger charge is 2.46. The van der Waals surface area contributed by atoms with Crippen LogP contribution in [-0.2, 0) is 10.3 Å². The van der Waals surface area contributed by atoms with Gasteiger partial charge in [0.25, 0.3) is 0 Å². The van der Waals surface area contributed by atoms with Crippen molar-refractivity contribution < 1.29 is 9.18 Å². The predicted octanol–water partition coefficient (Wildman–Crippen LogP) is 3.22. The largest absolute Gasteiger partial charge is 0.235 e. The van der Waals surface area contributed by atoms with Crippen molar-refractivity contribution in [3.63, 3.8) is 0 Å². The number of benzene rings is 1. The van der Waals surface area contributed by atoms with E-state index in [-0.39, 0.29) is 5.82 Å². The van der Waals surface area contributed by atoms with E-state index in [1.165, 1.54) is 6.07 Å². The lowest BCUT2D eigenvalue weighted by atomic mass is 10.00. The van der Waals surface area contributed by atoms with Gasteiger partial charge in [-0.15, -0.1) is 0 Å². The lowest BCUT2D eigenvalue weighted by molar-refractivity contribution is 0.555. The monoisotopic (exact) mass is 269 g/mol. The smallest absolute Gasteiger partial charge is 0.211 e. The summed E-state index contributed by atoms with van der Waals surface area (Å²) in [5, 5.41) is 0. The summed E-state index contributed by atoms with van der Waals surface area (Å²) in [5.41, 5.74) is 1.30. The molecule has 78 valence electrons. The zero-order chi connectivity index (χ0) is 11.1. The Balaban J connectivity index is 2.55. The molecule has 0 amide bonds. The molecule has 0 spiro atoms. The SMILES string of the molecule is Cc1c(C2(N=C=O)CC2)ccc(F)c1Br. The quantitative estimate of drug-likeness (QED) is 0.599. The van der Waals surface area contributed by atoms with Crippen LogP contribution in [0.5, 0.6) is 0 Å². The maximum Gasteiger partial charge on any atom is 0.235 e. The Morgan fingerprint density at radius 1 is 1.53 bits per heavy atom. The standard InChI is InChI=1S/C11H9BrFNO/c1-7-8(2-3-9(13)10(7)12)11(4-5-11)14-6-15/h2-3H,4-5H2,1H3. The van der Waals surface area contributed by atoms with E-state index in [1.54, 1.807) is 12.1 Å². The lowest BCUT2D eigenvalue weighted by Crippen LogP contribution is -2.06. The highest BCUT2D eigenvalue weighted by atomic mass is 79.9. The van der Waals surface area contributed by atoms with Gasteiger partial charge in [0, 0.05) is 0 Å². The molecule has 2 nitrogen and oxygen atoms in total. The maximum atomic E-state index is 13.2. The summed E-state index contributed by atoms with van der Waals surface area (Å²) in [6.07, 6.45) is 3.27. The van der Waals surface area contributed by atoms with Crippen molar-refractivity contribution in [1.29, 1.82) is 0 Å². The van der Waals surface area contributed by atoms with Crippen LogP contribution in [0.15, 0.2) is 21.6 Å². The average molecular weight is 270 g/mol. The molecule has 15 heavy (non-hydrogen) atoms. The summed E-state index contributed by atoms with van der Waals surface area (Å²) in [4.78, 5) is 14.1. The second-order valence-electron chi connectivity index (χ2n) is 3.77. The molecule has 0 unspecified atom stereocenters. The Labute approximate surface area is 95.3 Å². The second kappa shape index (κ2) is 3.54. The first-order chi connectivity index (χ1) is 7.10. The molecule has 0 bridgehead atoms. The van der Waals surface area contributed by atoms with Crippen molar-refractivity contribution in [2.75, 3.05) is 0 Å². The first kappa shape index (κ1) is 10.5. The summed E-state index contributed by atoms with van der Waals surface area (Å²) in [7, 11) is 0. The van der Waals surface area contributed by atoms with Gasteiger partial charge in [-0.3, -0.25) is 0 Å². The molecule has 1 aromatic rings. The minimum absolute atomic E-state index is 0.290. The third kappa shape index (κ3) is 1.64. The topological polar surface area (TPSA) is 29.4 Å². The third-order valence-corrected chi connectivity index (χ3v) is 3.80. The van der Waals surface area contributed by atoms with E-state index in [4.69, 9.17) is 0 Å². The van der Waals surface area contributed by atoms with Gasteiger partial charge in [0.1, 0.15) is 5.82 Å². The molecule has 2 rings (SSSR count). The molecule has 0 saturated heterocycles. The van der Waals surface area contributed by atoms with E-state index < -0.39 is 5.54 Å². The van der Waals surface area contributed by atoms with E-state index in [9.17, 15) is 9.18 Å². The van der Waals surface area contributed by atoms with Crippen LogP contribution in [-0.4, -0.2) is 6.08 Å². The Kier molecular flexibility index (Phi) is 2.49. The van der Waals surface area contributed by atoms with Gasteiger partial charge in [-0.1, -0.05) is 6.07 Å². The van der Waals surface area contributed by atoms with Crippen LogP contribution < -0.4 is 0 Å². The molecule has 1 aliphatic carbocycles. The average Bonchev–Trinajstić information content (AvgIpc) is 2.96. The fraction of sp³-hybridized carbons (Fsp3) is 0.364. The van der Waals surface area contributed by atoms with E-state index in [0.717, 1.165) is 24.0 Å². The van der Waals surface area contributed by atoms with Crippen LogP contribution in [0.4, 0.5) is 4.39 Å². The van der Waals surface area contributed by atoms with Gasteiger partial charge >= 0.3 is 0 Å². The van der Waals surface area contributed by atoms with Gasteiger partial charge in [0.2, 0.25) is 6.08 Å². The predicted molar refractivity (Wildman–Crippen MR) is 57.9 cm³/mol. The minimum atomic E-state index is -0.429. The Morgan fingerprint density at radius 3 is 2.73 bits per heavy atom. The van der Waals surface area contributed by atoms with E-state index in [0.29, 0.717) is 4.47 Å². The van der Waals surface area contributed by atoms with Crippen LogP contribution in [0.2, 0.25) is 0 Å². The molecule has 0 aromatic heterocycles. The van der Waals surface area contributed by atoms with E-state index >= 15 is 0 Å². The Bertz CT molecular complexity index is 462. The van der Waals surface area contributed by atoms with Crippen LogP contribution in [0.1, 0.15) is 24.0 Å². The molecule has 1 aromatic carbocycles. The van der Waals surface area contributed by atoms with Crippen molar-refractivity contribution in [1.82, 2.24) is 0 Å². The highest BCUT2D eigenvalue weighted by molar-refractivity contribution is 9.10. The van der Waals surface area contributed by atoms with Crippen LogP contribution >= 0.6 is 15.9 Å². The molecule has 0 aliphatic heterocycles. The fourth-order valence-corrected chi connectivity index (χ4v) is 2.15. The van der Waals surface area contributed by atoms with E-state index in [2.05, 4.69) is 20.9 Å². The second-order valence-corrected chi connectivity index (χ2v) is 4.56. The first-order valence-electron chi connectivity index (χ1n) is 4.65. The minimum Gasteiger partial charge on any atom is -0.211 e.